The first-order valence-electron chi connectivity index (χ1n) is 5.34. The lowest BCUT2D eigenvalue weighted by molar-refractivity contribution is 0.283. The number of nitrogens with zero attached hydrogens (tertiary/aromatic N) is 3. The van der Waals surface area contributed by atoms with E-state index in [-0.39, 0.29) is 16.2 Å². The highest BCUT2D eigenvalue weighted by molar-refractivity contribution is 7.89. The second-order valence-corrected chi connectivity index (χ2v) is 6.28. The van der Waals surface area contributed by atoms with Gasteiger partial charge >= 0.3 is 0 Å². The average molecular weight is 279 g/mol. The van der Waals surface area contributed by atoms with Gasteiger partial charge in [0.25, 0.3) is 10.0 Å². The lowest BCUT2D eigenvalue weighted by Crippen LogP contribution is -2.52. The van der Waals surface area contributed by atoms with Gasteiger partial charge in [-0.2, -0.15) is 4.31 Å². The Morgan fingerprint density at radius 2 is 2.29 bits per heavy atom. The summed E-state index contributed by atoms with van der Waals surface area (Å²) in [6.07, 6.45) is 1.40. The molecule has 1 aliphatic heterocycles. The number of piperazine rings is 1. The van der Waals surface area contributed by atoms with Gasteiger partial charge in [0.2, 0.25) is 5.03 Å². The maximum atomic E-state index is 12.4. The van der Waals surface area contributed by atoms with Crippen molar-refractivity contribution in [3.8, 4) is 0 Å². The first kappa shape index (κ1) is 12.8. The Labute approximate surface area is 106 Å². The molecule has 96 valence electrons. The first-order valence-corrected chi connectivity index (χ1v) is 7.15. The fourth-order valence-electron chi connectivity index (χ4n) is 1.86. The van der Waals surface area contributed by atoms with Crippen molar-refractivity contribution < 1.29 is 8.42 Å². The third-order valence-electron chi connectivity index (χ3n) is 2.83. The number of aromatic nitrogens is 2. The van der Waals surface area contributed by atoms with E-state index >= 15 is 0 Å². The minimum Gasteiger partial charge on any atom is -0.324 e. The van der Waals surface area contributed by atoms with Crippen molar-refractivity contribution in [1.82, 2.24) is 19.2 Å². The molecule has 0 bridgehead atoms. The Kier molecular flexibility index (Phi) is 3.44. The summed E-state index contributed by atoms with van der Waals surface area (Å²) >= 11 is 5.94. The summed E-state index contributed by atoms with van der Waals surface area (Å²) in [6.45, 7) is 3.59. The molecular weight excluding hydrogens is 264 g/mol. The van der Waals surface area contributed by atoms with E-state index in [2.05, 4.69) is 10.3 Å². The largest absolute Gasteiger partial charge is 0.324 e. The zero-order valence-corrected chi connectivity index (χ0v) is 11.3. The molecule has 17 heavy (non-hydrogen) atoms. The van der Waals surface area contributed by atoms with Crippen LogP contribution in [0.4, 0.5) is 0 Å². The molecule has 0 aliphatic carbocycles. The predicted octanol–water partition coefficient (Wildman–Crippen LogP) is 0.0559. The standard InChI is InChI=1S/C9H15ClN4O2S/c1-7-5-11-3-4-14(7)17(15,16)9-8(10)13(2)6-12-9/h6-7,11H,3-5H2,1-2H3. The van der Waals surface area contributed by atoms with Crippen molar-refractivity contribution >= 4 is 21.6 Å². The van der Waals surface area contributed by atoms with Crippen molar-refractivity contribution in [2.45, 2.75) is 18.0 Å². The molecule has 0 amide bonds. The second kappa shape index (κ2) is 4.56. The quantitative estimate of drug-likeness (QED) is 0.830. The Hall–Kier alpha value is -0.630. The van der Waals surface area contributed by atoms with Gasteiger partial charge in [0.05, 0.1) is 6.33 Å². The summed E-state index contributed by atoms with van der Waals surface area (Å²) in [4.78, 5) is 3.88. The minimum atomic E-state index is -3.59. The van der Waals surface area contributed by atoms with Gasteiger partial charge in [-0.3, -0.25) is 0 Å². The fraction of sp³-hybridized carbons (Fsp3) is 0.667. The zero-order chi connectivity index (χ0) is 12.6. The number of imidazole rings is 1. The van der Waals surface area contributed by atoms with Crippen LogP contribution in [0, 0.1) is 0 Å². The van der Waals surface area contributed by atoms with Crippen LogP contribution in [0.2, 0.25) is 5.15 Å². The number of sulfonamides is 1. The highest BCUT2D eigenvalue weighted by Crippen LogP contribution is 2.24. The molecule has 2 rings (SSSR count). The highest BCUT2D eigenvalue weighted by atomic mass is 35.5. The molecule has 0 spiro atoms. The molecule has 2 heterocycles. The molecule has 6 nitrogen and oxygen atoms in total. The van der Waals surface area contributed by atoms with Gasteiger partial charge in [-0.15, -0.1) is 0 Å². The molecule has 1 aromatic rings. The second-order valence-electron chi connectivity index (χ2n) is 4.12. The topological polar surface area (TPSA) is 67.2 Å². The maximum absolute atomic E-state index is 12.4. The molecule has 1 N–H and O–H groups in total. The van der Waals surface area contributed by atoms with Crippen LogP contribution in [0.3, 0.4) is 0 Å². The van der Waals surface area contributed by atoms with Gasteiger partial charge in [-0.1, -0.05) is 11.6 Å². The van der Waals surface area contributed by atoms with Crippen molar-refractivity contribution in [2.24, 2.45) is 7.05 Å². The van der Waals surface area contributed by atoms with Crippen molar-refractivity contribution in [2.75, 3.05) is 19.6 Å². The van der Waals surface area contributed by atoms with Gasteiger partial charge in [-0.25, -0.2) is 13.4 Å². The van der Waals surface area contributed by atoms with E-state index in [9.17, 15) is 8.42 Å². The average Bonchev–Trinajstić information content (AvgIpc) is 2.60. The van der Waals surface area contributed by atoms with Crippen LogP contribution in [0.15, 0.2) is 11.4 Å². The Bertz CT molecular complexity index is 513. The molecule has 1 fully saturated rings. The van der Waals surface area contributed by atoms with Crippen LogP contribution in [0.1, 0.15) is 6.92 Å². The Morgan fingerprint density at radius 1 is 1.59 bits per heavy atom. The van der Waals surface area contributed by atoms with Crippen LogP contribution in [-0.4, -0.2) is 48.0 Å². The fourth-order valence-corrected chi connectivity index (χ4v) is 3.88. The molecule has 0 radical (unpaired) electrons. The number of rotatable bonds is 2. The van der Waals surface area contributed by atoms with Gasteiger partial charge in [-0.05, 0) is 6.92 Å². The Balaban J connectivity index is 2.39. The zero-order valence-electron chi connectivity index (χ0n) is 9.72. The summed E-state index contributed by atoms with van der Waals surface area (Å²) in [5, 5.41) is 3.23. The van der Waals surface area contributed by atoms with Gasteiger partial charge < -0.3 is 9.88 Å². The molecule has 1 saturated heterocycles. The van der Waals surface area contributed by atoms with Crippen molar-refractivity contribution in [1.29, 1.82) is 0 Å². The van der Waals surface area contributed by atoms with E-state index in [1.54, 1.807) is 7.05 Å². The number of halogens is 1. The van der Waals surface area contributed by atoms with E-state index in [1.165, 1.54) is 15.2 Å². The first-order chi connectivity index (χ1) is 7.94. The SMILES string of the molecule is CC1CNCCN1S(=O)(=O)c1ncn(C)c1Cl. The summed E-state index contributed by atoms with van der Waals surface area (Å²) in [5.41, 5.74) is 0. The smallest absolute Gasteiger partial charge is 0.264 e. The number of aryl methyl sites for hydroxylation is 1. The van der Waals surface area contributed by atoms with E-state index in [0.29, 0.717) is 19.6 Å². The molecular formula is C9H15ClN4O2S. The van der Waals surface area contributed by atoms with E-state index in [1.807, 2.05) is 6.92 Å². The van der Waals surface area contributed by atoms with Gasteiger partial charge in [0.1, 0.15) is 5.15 Å². The van der Waals surface area contributed by atoms with Crippen LogP contribution in [-0.2, 0) is 17.1 Å². The molecule has 1 unspecified atom stereocenters. The minimum absolute atomic E-state index is 0.0598. The van der Waals surface area contributed by atoms with Gasteiger partial charge in [0.15, 0.2) is 0 Å². The third kappa shape index (κ3) is 2.20. The summed E-state index contributed by atoms with van der Waals surface area (Å²) in [5.74, 6) is 0. The number of hydrogen-bond acceptors (Lipinski definition) is 4. The molecule has 0 saturated carbocycles. The lowest BCUT2D eigenvalue weighted by Gasteiger charge is -2.32. The summed E-state index contributed by atoms with van der Waals surface area (Å²) < 4.78 is 27.7. The van der Waals surface area contributed by atoms with Crippen molar-refractivity contribution in [3.05, 3.63) is 11.5 Å². The molecule has 8 heteroatoms. The van der Waals surface area contributed by atoms with Crippen molar-refractivity contribution in [3.63, 3.8) is 0 Å². The predicted molar refractivity (Wildman–Crippen MR) is 64.4 cm³/mol. The van der Waals surface area contributed by atoms with E-state index < -0.39 is 10.0 Å². The molecule has 0 aromatic carbocycles. The Morgan fingerprint density at radius 3 is 2.82 bits per heavy atom. The van der Waals surface area contributed by atoms with E-state index in [4.69, 9.17) is 11.6 Å². The number of hydrogen-bond donors (Lipinski definition) is 1. The maximum Gasteiger partial charge on any atom is 0.264 e. The summed E-state index contributed by atoms with van der Waals surface area (Å²) in [6, 6.07) is -0.0909. The molecule has 1 atom stereocenters. The normalized spacial score (nSPS) is 22.9. The monoisotopic (exact) mass is 278 g/mol. The highest BCUT2D eigenvalue weighted by Gasteiger charge is 2.34. The van der Waals surface area contributed by atoms with E-state index in [0.717, 1.165) is 0 Å². The van der Waals surface area contributed by atoms with Crippen LogP contribution in [0.25, 0.3) is 0 Å². The van der Waals surface area contributed by atoms with Crippen LogP contribution < -0.4 is 5.32 Å². The number of nitrogens with one attached hydrogen (secondary N) is 1. The van der Waals surface area contributed by atoms with Crippen LogP contribution in [0.5, 0.6) is 0 Å². The van der Waals surface area contributed by atoms with Gasteiger partial charge in [0, 0.05) is 32.7 Å². The lowest BCUT2D eigenvalue weighted by atomic mass is 10.3. The van der Waals surface area contributed by atoms with Crippen LogP contribution >= 0.6 is 11.6 Å². The molecule has 1 aliphatic rings. The third-order valence-corrected chi connectivity index (χ3v) is 5.33. The summed E-state index contributed by atoms with van der Waals surface area (Å²) in [7, 11) is -1.93. The molecule has 1 aromatic heterocycles.